The van der Waals surface area contributed by atoms with E-state index in [-0.39, 0.29) is 5.91 Å². The molecule has 4 rings (SSSR count). The number of aromatic nitrogens is 2. The molecule has 1 amide bonds. The van der Waals surface area contributed by atoms with Gasteiger partial charge in [0.05, 0.1) is 18.8 Å². The first-order chi connectivity index (χ1) is 11.7. The van der Waals surface area contributed by atoms with Crippen LogP contribution < -0.4 is 4.90 Å². The minimum Gasteiger partial charge on any atom is -0.356 e. The van der Waals surface area contributed by atoms with Crippen molar-refractivity contribution in [3.63, 3.8) is 0 Å². The smallest absolute Gasteiger partial charge is 0.223 e. The van der Waals surface area contributed by atoms with Crippen molar-refractivity contribution >= 4 is 11.7 Å². The molecule has 0 radical (unpaired) electrons. The lowest BCUT2D eigenvalue weighted by atomic mass is 10.1. The molecule has 5 heteroatoms. The maximum atomic E-state index is 12.6. The van der Waals surface area contributed by atoms with Crippen molar-refractivity contribution < 1.29 is 4.79 Å². The summed E-state index contributed by atoms with van der Waals surface area (Å²) >= 11 is 0. The minimum absolute atomic E-state index is 0.198. The Morgan fingerprint density at radius 1 is 1.12 bits per heavy atom. The van der Waals surface area contributed by atoms with Crippen LogP contribution in [0.15, 0.2) is 30.3 Å². The van der Waals surface area contributed by atoms with Gasteiger partial charge in [-0.3, -0.25) is 4.79 Å². The molecule has 0 atom stereocenters. The molecule has 2 aliphatic heterocycles. The third-order valence-electron chi connectivity index (χ3n) is 4.85. The SMILES string of the molecule is Cc1nc2c(c(N3CCC3)n1)CN(C(=O)CCc1ccccc1)C2. The summed E-state index contributed by atoms with van der Waals surface area (Å²) in [4.78, 5) is 26.0. The number of benzene rings is 1. The summed E-state index contributed by atoms with van der Waals surface area (Å²) in [5.41, 5.74) is 3.38. The summed E-state index contributed by atoms with van der Waals surface area (Å²) in [5.74, 6) is 2.04. The Balaban J connectivity index is 1.46. The van der Waals surface area contributed by atoms with Gasteiger partial charge >= 0.3 is 0 Å². The maximum Gasteiger partial charge on any atom is 0.223 e. The quantitative estimate of drug-likeness (QED) is 0.868. The van der Waals surface area contributed by atoms with E-state index in [1.165, 1.54) is 12.0 Å². The van der Waals surface area contributed by atoms with E-state index in [9.17, 15) is 4.79 Å². The number of amides is 1. The summed E-state index contributed by atoms with van der Waals surface area (Å²) in [5, 5.41) is 0. The molecule has 1 aromatic heterocycles. The Kier molecular flexibility index (Phi) is 3.92. The standard InChI is InChI=1S/C19H22N4O/c1-14-20-17-13-23(12-16(17)19(21-14)22-10-5-11-22)18(24)9-8-15-6-3-2-4-7-15/h2-4,6-7H,5,8-13H2,1H3. The van der Waals surface area contributed by atoms with E-state index >= 15 is 0 Å². The van der Waals surface area contributed by atoms with Crippen molar-refractivity contribution in [1.82, 2.24) is 14.9 Å². The second-order valence-electron chi connectivity index (χ2n) is 6.60. The molecule has 1 fully saturated rings. The highest BCUT2D eigenvalue weighted by molar-refractivity contribution is 5.77. The van der Waals surface area contributed by atoms with Crippen molar-refractivity contribution in [3.05, 3.63) is 53.0 Å². The molecule has 0 saturated carbocycles. The van der Waals surface area contributed by atoms with Crippen LogP contribution in [-0.2, 0) is 24.3 Å². The second-order valence-corrected chi connectivity index (χ2v) is 6.60. The van der Waals surface area contributed by atoms with Gasteiger partial charge in [0.15, 0.2) is 0 Å². The zero-order valence-corrected chi connectivity index (χ0v) is 14.0. The molecular weight excluding hydrogens is 300 g/mol. The maximum absolute atomic E-state index is 12.6. The van der Waals surface area contributed by atoms with Gasteiger partial charge in [0, 0.05) is 25.1 Å². The number of rotatable bonds is 4. The fraction of sp³-hybridized carbons (Fsp3) is 0.421. The van der Waals surface area contributed by atoms with Crippen molar-refractivity contribution in [2.75, 3.05) is 18.0 Å². The zero-order valence-electron chi connectivity index (χ0n) is 14.0. The molecule has 3 heterocycles. The van der Waals surface area contributed by atoms with E-state index in [0.717, 1.165) is 42.4 Å². The van der Waals surface area contributed by atoms with Gasteiger partial charge in [0.1, 0.15) is 11.6 Å². The highest BCUT2D eigenvalue weighted by atomic mass is 16.2. The number of carbonyl (C=O) groups is 1. The average molecular weight is 322 g/mol. The number of anilines is 1. The zero-order chi connectivity index (χ0) is 16.5. The van der Waals surface area contributed by atoms with Gasteiger partial charge in [-0.15, -0.1) is 0 Å². The highest BCUT2D eigenvalue weighted by Gasteiger charge is 2.30. The first kappa shape index (κ1) is 15.1. The Morgan fingerprint density at radius 3 is 2.62 bits per heavy atom. The Labute approximate surface area is 142 Å². The van der Waals surface area contributed by atoms with Crippen LogP contribution in [0.25, 0.3) is 0 Å². The summed E-state index contributed by atoms with van der Waals surface area (Å²) in [7, 11) is 0. The summed E-state index contributed by atoms with van der Waals surface area (Å²) in [6.45, 7) is 5.32. The van der Waals surface area contributed by atoms with E-state index in [1.807, 2.05) is 30.0 Å². The van der Waals surface area contributed by atoms with Crippen LogP contribution in [0.4, 0.5) is 5.82 Å². The van der Waals surface area contributed by atoms with Gasteiger partial charge in [-0.25, -0.2) is 9.97 Å². The number of nitrogens with zero attached hydrogens (tertiary/aromatic N) is 4. The molecule has 0 aliphatic carbocycles. The predicted octanol–water partition coefficient (Wildman–Crippen LogP) is 2.47. The van der Waals surface area contributed by atoms with E-state index in [1.54, 1.807) is 0 Å². The van der Waals surface area contributed by atoms with E-state index < -0.39 is 0 Å². The fourth-order valence-electron chi connectivity index (χ4n) is 3.38. The van der Waals surface area contributed by atoms with Gasteiger partial charge in [0.25, 0.3) is 0 Å². The third kappa shape index (κ3) is 2.86. The summed E-state index contributed by atoms with van der Waals surface area (Å²) in [6.07, 6.45) is 2.55. The molecule has 1 saturated heterocycles. The molecule has 0 spiro atoms. The first-order valence-electron chi connectivity index (χ1n) is 8.64. The molecule has 124 valence electrons. The first-order valence-corrected chi connectivity index (χ1v) is 8.64. The average Bonchev–Trinajstić information content (AvgIpc) is 2.96. The van der Waals surface area contributed by atoms with Crippen LogP contribution in [0.2, 0.25) is 0 Å². The largest absolute Gasteiger partial charge is 0.356 e. The van der Waals surface area contributed by atoms with Gasteiger partial charge in [-0.05, 0) is 25.3 Å². The fourth-order valence-corrected chi connectivity index (χ4v) is 3.38. The van der Waals surface area contributed by atoms with Crippen molar-refractivity contribution in [2.45, 2.75) is 39.3 Å². The van der Waals surface area contributed by atoms with Crippen molar-refractivity contribution in [3.8, 4) is 0 Å². The lowest BCUT2D eigenvalue weighted by Crippen LogP contribution is -2.38. The molecule has 0 unspecified atom stereocenters. The molecule has 2 aliphatic rings. The van der Waals surface area contributed by atoms with E-state index in [4.69, 9.17) is 0 Å². The third-order valence-corrected chi connectivity index (χ3v) is 4.85. The molecule has 24 heavy (non-hydrogen) atoms. The van der Waals surface area contributed by atoms with Gasteiger partial charge in [0.2, 0.25) is 5.91 Å². The van der Waals surface area contributed by atoms with Crippen LogP contribution in [0.1, 0.15) is 35.5 Å². The van der Waals surface area contributed by atoms with E-state index in [0.29, 0.717) is 19.5 Å². The Hall–Kier alpha value is -2.43. The second kappa shape index (κ2) is 6.23. The topological polar surface area (TPSA) is 49.3 Å². The van der Waals surface area contributed by atoms with Gasteiger partial charge in [-0.1, -0.05) is 30.3 Å². The number of carbonyl (C=O) groups excluding carboxylic acids is 1. The van der Waals surface area contributed by atoms with Gasteiger partial charge < -0.3 is 9.80 Å². The minimum atomic E-state index is 0.198. The molecule has 5 nitrogen and oxygen atoms in total. The molecule has 2 aromatic rings. The van der Waals surface area contributed by atoms with Gasteiger partial charge in [-0.2, -0.15) is 0 Å². The molecule has 0 N–H and O–H groups in total. The van der Waals surface area contributed by atoms with Crippen LogP contribution >= 0.6 is 0 Å². The number of hydrogen-bond acceptors (Lipinski definition) is 4. The van der Waals surface area contributed by atoms with Crippen LogP contribution in [0.3, 0.4) is 0 Å². The number of hydrogen-bond donors (Lipinski definition) is 0. The molecule has 0 bridgehead atoms. The van der Waals surface area contributed by atoms with Crippen molar-refractivity contribution in [1.29, 1.82) is 0 Å². The van der Waals surface area contributed by atoms with Crippen LogP contribution in [0.5, 0.6) is 0 Å². The normalized spacial score (nSPS) is 16.0. The predicted molar refractivity (Wildman–Crippen MR) is 92.6 cm³/mol. The summed E-state index contributed by atoms with van der Waals surface area (Å²) in [6, 6.07) is 10.2. The number of aryl methyl sites for hydroxylation is 2. The molecule has 1 aromatic carbocycles. The monoisotopic (exact) mass is 322 g/mol. The summed E-state index contributed by atoms with van der Waals surface area (Å²) < 4.78 is 0. The number of fused-ring (bicyclic) bond motifs is 1. The highest BCUT2D eigenvalue weighted by Crippen LogP contribution is 2.31. The van der Waals surface area contributed by atoms with Crippen molar-refractivity contribution in [2.24, 2.45) is 0 Å². The van der Waals surface area contributed by atoms with Crippen LogP contribution in [0, 0.1) is 6.92 Å². The van der Waals surface area contributed by atoms with E-state index in [2.05, 4.69) is 27.0 Å². The van der Waals surface area contributed by atoms with Crippen LogP contribution in [-0.4, -0.2) is 33.9 Å². The lowest BCUT2D eigenvalue weighted by Gasteiger charge is -2.33. The lowest BCUT2D eigenvalue weighted by molar-refractivity contribution is -0.131. The molecular formula is C19H22N4O. The Bertz CT molecular complexity index is 755. The Morgan fingerprint density at radius 2 is 1.92 bits per heavy atom.